The fourth-order valence-electron chi connectivity index (χ4n) is 3.03. The molecule has 2 fully saturated rings. The first-order valence-electron chi connectivity index (χ1n) is 8.07. The number of hydrogen-bond acceptors (Lipinski definition) is 2. The van der Waals surface area contributed by atoms with Crippen LogP contribution < -0.4 is 5.32 Å². The van der Waals surface area contributed by atoms with Gasteiger partial charge in [-0.05, 0) is 31.1 Å². The lowest BCUT2D eigenvalue weighted by molar-refractivity contribution is -0.130. The molecule has 2 rings (SSSR count). The van der Waals surface area contributed by atoms with Crippen molar-refractivity contribution < 1.29 is 4.79 Å². The SMILES string of the molecule is CCCCCC(C)(C)CN1CCC(NC2CC2)C1=O. The third kappa shape index (κ3) is 4.48. The lowest BCUT2D eigenvalue weighted by Crippen LogP contribution is -2.42. The molecule has 1 atom stereocenters. The zero-order valence-electron chi connectivity index (χ0n) is 12.9. The number of unbranched alkanes of at least 4 members (excludes halogenated alkanes) is 2. The summed E-state index contributed by atoms with van der Waals surface area (Å²) in [6, 6.07) is 0.741. The zero-order chi connectivity index (χ0) is 13.9. The van der Waals surface area contributed by atoms with Crippen LogP contribution in [0.15, 0.2) is 0 Å². The molecule has 1 amide bonds. The van der Waals surface area contributed by atoms with Crippen molar-refractivity contribution in [3.05, 3.63) is 0 Å². The summed E-state index contributed by atoms with van der Waals surface area (Å²) in [5.41, 5.74) is 0.263. The predicted molar refractivity (Wildman–Crippen MR) is 79.1 cm³/mol. The average Bonchev–Trinajstić information content (AvgIpc) is 3.10. The summed E-state index contributed by atoms with van der Waals surface area (Å²) in [4.78, 5) is 14.4. The molecule has 0 bridgehead atoms. The Kier molecular flexibility index (Phi) is 4.88. The molecular formula is C16H30N2O. The van der Waals surface area contributed by atoms with Gasteiger partial charge in [0.1, 0.15) is 0 Å². The van der Waals surface area contributed by atoms with Crippen molar-refractivity contribution in [3.63, 3.8) is 0 Å². The van der Waals surface area contributed by atoms with E-state index in [0.29, 0.717) is 11.9 Å². The topological polar surface area (TPSA) is 32.3 Å². The normalized spacial score (nSPS) is 24.3. The summed E-state index contributed by atoms with van der Waals surface area (Å²) in [5, 5.41) is 3.48. The van der Waals surface area contributed by atoms with Gasteiger partial charge in [0.2, 0.25) is 5.91 Å². The predicted octanol–water partition coefficient (Wildman–Crippen LogP) is 2.95. The summed E-state index contributed by atoms with van der Waals surface area (Å²) in [5.74, 6) is 0.343. The molecule has 3 nitrogen and oxygen atoms in total. The molecule has 3 heteroatoms. The summed E-state index contributed by atoms with van der Waals surface area (Å²) in [6.07, 6.45) is 8.61. The minimum absolute atomic E-state index is 0.110. The van der Waals surface area contributed by atoms with Gasteiger partial charge < -0.3 is 10.2 Å². The van der Waals surface area contributed by atoms with Gasteiger partial charge in [0, 0.05) is 19.1 Å². The monoisotopic (exact) mass is 266 g/mol. The van der Waals surface area contributed by atoms with E-state index in [1.54, 1.807) is 0 Å². The van der Waals surface area contributed by atoms with Crippen LogP contribution in [-0.2, 0) is 4.79 Å². The van der Waals surface area contributed by atoms with Crippen molar-refractivity contribution in [3.8, 4) is 0 Å². The maximum absolute atomic E-state index is 12.3. The molecule has 19 heavy (non-hydrogen) atoms. The van der Waals surface area contributed by atoms with Gasteiger partial charge in [-0.2, -0.15) is 0 Å². The molecule has 1 heterocycles. The van der Waals surface area contributed by atoms with E-state index in [1.807, 2.05) is 0 Å². The van der Waals surface area contributed by atoms with Gasteiger partial charge in [-0.15, -0.1) is 0 Å². The van der Waals surface area contributed by atoms with Crippen LogP contribution in [0.4, 0.5) is 0 Å². The lowest BCUT2D eigenvalue weighted by atomic mass is 9.86. The summed E-state index contributed by atoms with van der Waals surface area (Å²) in [6.45, 7) is 8.72. The van der Waals surface area contributed by atoms with Crippen molar-refractivity contribution in [2.75, 3.05) is 13.1 Å². The minimum atomic E-state index is 0.110. The van der Waals surface area contributed by atoms with Gasteiger partial charge in [-0.25, -0.2) is 0 Å². The van der Waals surface area contributed by atoms with Crippen LogP contribution in [0.25, 0.3) is 0 Å². The van der Waals surface area contributed by atoms with Crippen molar-refractivity contribution in [1.29, 1.82) is 0 Å². The van der Waals surface area contributed by atoms with E-state index in [1.165, 1.54) is 38.5 Å². The summed E-state index contributed by atoms with van der Waals surface area (Å²) < 4.78 is 0. The highest BCUT2D eigenvalue weighted by molar-refractivity contribution is 5.84. The average molecular weight is 266 g/mol. The van der Waals surface area contributed by atoms with Crippen molar-refractivity contribution in [2.45, 2.75) is 77.8 Å². The number of carbonyl (C=O) groups is 1. The third-order valence-electron chi connectivity index (χ3n) is 4.39. The Morgan fingerprint density at radius 3 is 2.63 bits per heavy atom. The van der Waals surface area contributed by atoms with E-state index in [-0.39, 0.29) is 11.5 Å². The zero-order valence-corrected chi connectivity index (χ0v) is 12.9. The first-order chi connectivity index (χ1) is 9.02. The van der Waals surface area contributed by atoms with Crippen molar-refractivity contribution >= 4 is 5.91 Å². The highest BCUT2D eigenvalue weighted by Crippen LogP contribution is 2.28. The molecule has 0 aromatic carbocycles. The molecule has 1 saturated carbocycles. The van der Waals surface area contributed by atoms with Crippen LogP contribution in [0.2, 0.25) is 0 Å². The van der Waals surface area contributed by atoms with Gasteiger partial charge in [-0.1, -0.05) is 40.0 Å². The molecule has 1 aliphatic carbocycles. The van der Waals surface area contributed by atoms with Gasteiger partial charge >= 0.3 is 0 Å². The number of amides is 1. The lowest BCUT2D eigenvalue weighted by Gasteiger charge is -2.30. The van der Waals surface area contributed by atoms with Gasteiger partial charge in [0.25, 0.3) is 0 Å². The second-order valence-electron chi connectivity index (χ2n) is 7.16. The standard InChI is InChI=1S/C16H30N2O/c1-4-5-6-10-16(2,3)12-18-11-9-14(15(18)19)17-13-7-8-13/h13-14,17H,4-12H2,1-3H3. The molecular weight excluding hydrogens is 236 g/mol. The van der Waals surface area contributed by atoms with Crippen LogP contribution in [0.1, 0.15) is 65.7 Å². The maximum Gasteiger partial charge on any atom is 0.239 e. The second kappa shape index (κ2) is 6.25. The molecule has 1 unspecified atom stereocenters. The Balaban J connectivity index is 1.76. The molecule has 110 valence electrons. The summed E-state index contributed by atoms with van der Waals surface area (Å²) >= 11 is 0. The van der Waals surface area contributed by atoms with E-state index < -0.39 is 0 Å². The van der Waals surface area contributed by atoms with Gasteiger partial charge in [-0.3, -0.25) is 4.79 Å². The molecule has 0 spiro atoms. The van der Waals surface area contributed by atoms with E-state index in [2.05, 4.69) is 31.0 Å². The molecule has 1 saturated heterocycles. The number of nitrogens with one attached hydrogen (secondary N) is 1. The van der Waals surface area contributed by atoms with Crippen LogP contribution in [0, 0.1) is 5.41 Å². The largest absolute Gasteiger partial charge is 0.341 e. The Bertz CT molecular complexity index is 310. The highest BCUT2D eigenvalue weighted by Gasteiger charge is 2.37. The van der Waals surface area contributed by atoms with E-state index in [4.69, 9.17) is 0 Å². The minimum Gasteiger partial charge on any atom is -0.341 e. The maximum atomic E-state index is 12.3. The number of nitrogens with zero attached hydrogens (tertiary/aromatic N) is 1. The first kappa shape index (κ1) is 14.8. The van der Waals surface area contributed by atoms with E-state index in [0.717, 1.165) is 19.5 Å². The number of hydrogen-bond donors (Lipinski definition) is 1. The van der Waals surface area contributed by atoms with E-state index in [9.17, 15) is 4.79 Å². The molecule has 1 N–H and O–H groups in total. The number of likely N-dealkylation sites (tertiary alicyclic amines) is 1. The van der Waals surface area contributed by atoms with Gasteiger partial charge in [0.15, 0.2) is 0 Å². The van der Waals surface area contributed by atoms with Crippen LogP contribution >= 0.6 is 0 Å². The third-order valence-corrected chi connectivity index (χ3v) is 4.39. The van der Waals surface area contributed by atoms with Crippen LogP contribution in [0.5, 0.6) is 0 Å². The fourth-order valence-corrected chi connectivity index (χ4v) is 3.03. The second-order valence-corrected chi connectivity index (χ2v) is 7.16. The Labute approximate surface area is 118 Å². The Hall–Kier alpha value is -0.570. The number of rotatable bonds is 8. The summed E-state index contributed by atoms with van der Waals surface area (Å²) in [7, 11) is 0. The molecule has 0 aromatic rings. The smallest absolute Gasteiger partial charge is 0.239 e. The number of carbonyl (C=O) groups excluding carboxylic acids is 1. The fraction of sp³-hybridized carbons (Fsp3) is 0.938. The Morgan fingerprint density at radius 2 is 2.00 bits per heavy atom. The highest BCUT2D eigenvalue weighted by atomic mass is 16.2. The first-order valence-corrected chi connectivity index (χ1v) is 8.07. The Morgan fingerprint density at radius 1 is 1.26 bits per heavy atom. The quantitative estimate of drug-likeness (QED) is 0.685. The molecule has 2 aliphatic rings. The molecule has 1 aliphatic heterocycles. The van der Waals surface area contributed by atoms with Crippen molar-refractivity contribution in [1.82, 2.24) is 10.2 Å². The van der Waals surface area contributed by atoms with Gasteiger partial charge in [0.05, 0.1) is 6.04 Å². The molecule has 0 radical (unpaired) electrons. The van der Waals surface area contributed by atoms with Crippen LogP contribution in [0.3, 0.4) is 0 Å². The van der Waals surface area contributed by atoms with E-state index >= 15 is 0 Å². The molecule has 0 aromatic heterocycles. The van der Waals surface area contributed by atoms with Crippen LogP contribution in [-0.4, -0.2) is 36.0 Å². The van der Waals surface area contributed by atoms with Crippen molar-refractivity contribution in [2.24, 2.45) is 5.41 Å².